The number of allylic oxidation sites excluding steroid dienone is 2. The van der Waals surface area contributed by atoms with E-state index in [1.807, 2.05) is 32.1 Å². The summed E-state index contributed by atoms with van der Waals surface area (Å²) in [6, 6.07) is 12.5. The van der Waals surface area contributed by atoms with Gasteiger partial charge in [0.1, 0.15) is 11.5 Å². The minimum absolute atomic E-state index is 0.123. The summed E-state index contributed by atoms with van der Waals surface area (Å²) in [5.41, 5.74) is 7.94. The summed E-state index contributed by atoms with van der Waals surface area (Å²) in [4.78, 5) is 17.0. The first-order valence-electron chi connectivity index (χ1n) is 11.9. The molecule has 34 heavy (non-hydrogen) atoms. The fraction of sp³-hybridized carbons (Fsp3) is 0.414. The monoisotopic (exact) mass is 462 g/mol. The Bertz CT molecular complexity index is 1100. The molecular formula is C29H38N2O3. The highest BCUT2D eigenvalue weighted by Gasteiger charge is 2.27. The molecule has 0 fully saturated rings. The molecule has 1 aliphatic carbocycles. The van der Waals surface area contributed by atoms with E-state index in [-0.39, 0.29) is 5.91 Å². The fourth-order valence-electron chi connectivity index (χ4n) is 4.36. The number of carbonyl (C=O) groups is 1. The summed E-state index contributed by atoms with van der Waals surface area (Å²) in [7, 11) is 9.31. The first kappa shape index (κ1) is 25.6. The van der Waals surface area contributed by atoms with E-state index in [1.54, 1.807) is 14.2 Å². The molecule has 0 atom stereocenters. The van der Waals surface area contributed by atoms with Crippen molar-refractivity contribution in [1.29, 1.82) is 0 Å². The number of ether oxygens (including phenoxy) is 2. The van der Waals surface area contributed by atoms with Gasteiger partial charge in [-0.15, -0.1) is 0 Å². The van der Waals surface area contributed by atoms with Crippen LogP contribution in [0.2, 0.25) is 0 Å². The number of fused-ring (bicyclic) bond motifs is 1. The lowest BCUT2D eigenvalue weighted by Gasteiger charge is -2.20. The molecule has 2 aromatic rings. The fourth-order valence-corrected chi connectivity index (χ4v) is 4.36. The maximum Gasteiger partial charge on any atom is 0.226 e. The molecule has 0 radical (unpaired) electrons. The molecule has 5 heteroatoms. The molecule has 0 N–H and O–H groups in total. The Morgan fingerprint density at radius 1 is 0.941 bits per heavy atom. The standard InChI is InChI=1S/C29H38N2O3/c1-8-9-21-14-22(16-24(15-21)34-7)17-26-20(2)27(19-29(32)31(5)13-12-30(3)4)28-18-23(33-6)10-11-25(26)28/h10-11,14-18H,8-9,12-13,19H2,1-7H3/b26-17-. The molecule has 0 spiro atoms. The van der Waals surface area contributed by atoms with Gasteiger partial charge in [-0.1, -0.05) is 25.5 Å². The summed E-state index contributed by atoms with van der Waals surface area (Å²) >= 11 is 0. The van der Waals surface area contributed by atoms with Crippen LogP contribution in [0.1, 0.15) is 48.9 Å². The highest BCUT2D eigenvalue weighted by molar-refractivity contribution is 6.08. The molecule has 1 aliphatic rings. The van der Waals surface area contributed by atoms with Crippen molar-refractivity contribution in [2.45, 2.75) is 33.1 Å². The van der Waals surface area contributed by atoms with E-state index in [1.165, 1.54) is 5.56 Å². The largest absolute Gasteiger partial charge is 0.497 e. The molecule has 1 amide bonds. The molecular weight excluding hydrogens is 424 g/mol. The van der Waals surface area contributed by atoms with Crippen LogP contribution in [0.25, 0.3) is 17.2 Å². The van der Waals surface area contributed by atoms with Crippen LogP contribution in [0.4, 0.5) is 0 Å². The molecule has 5 nitrogen and oxygen atoms in total. The van der Waals surface area contributed by atoms with Crippen LogP contribution in [0.3, 0.4) is 0 Å². The highest BCUT2D eigenvalue weighted by atomic mass is 16.5. The third kappa shape index (κ3) is 5.89. The molecule has 0 aromatic heterocycles. The van der Waals surface area contributed by atoms with Crippen molar-refractivity contribution in [2.24, 2.45) is 0 Å². The van der Waals surface area contributed by atoms with Gasteiger partial charge in [0, 0.05) is 20.1 Å². The Hall–Kier alpha value is -3.05. The zero-order valence-electron chi connectivity index (χ0n) is 21.7. The average Bonchev–Trinajstić information content (AvgIpc) is 3.07. The minimum Gasteiger partial charge on any atom is -0.497 e. The Morgan fingerprint density at radius 2 is 1.68 bits per heavy atom. The Balaban J connectivity index is 2.03. The number of hydrogen-bond acceptors (Lipinski definition) is 4. The number of benzene rings is 2. The van der Waals surface area contributed by atoms with E-state index in [0.717, 1.165) is 64.3 Å². The second-order valence-electron chi connectivity index (χ2n) is 9.23. The number of amides is 1. The molecule has 182 valence electrons. The van der Waals surface area contributed by atoms with Gasteiger partial charge in [0.2, 0.25) is 5.91 Å². The van der Waals surface area contributed by atoms with Crippen molar-refractivity contribution in [3.8, 4) is 11.5 Å². The first-order valence-corrected chi connectivity index (χ1v) is 11.9. The van der Waals surface area contributed by atoms with Gasteiger partial charge in [-0.3, -0.25) is 4.79 Å². The van der Waals surface area contributed by atoms with Crippen LogP contribution in [0.5, 0.6) is 11.5 Å². The summed E-state index contributed by atoms with van der Waals surface area (Å²) in [5, 5.41) is 0. The number of rotatable bonds is 10. The van der Waals surface area contributed by atoms with Crippen LogP contribution >= 0.6 is 0 Å². The van der Waals surface area contributed by atoms with E-state index >= 15 is 0 Å². The third-order valence-electron chi connectivity index (χ3n) is 6.41. The highest BCUT2D eigenvalue weighted by Crippen LogP contribution is 2.45. The number of aryl methyl sites for hydroxylation is 1. The van der Waals surface area contributed by atoms with Crippen molar-refractivity contribution in [2.75, 3.05) is 48.5 Å². The molecule has 0 saturated heterocycles. The maximum atomic E-state index is 13.1. The van der Waals surface area contributed by atoms with Crippen LogP contribution in [0, 0.1) is 0 Å². The summed E-state index contributed by atoms with van der Waals surface area (Å²) < 4.78 is 11.1. The van der Waals surface area contributed by atoms with Crippen molar-refractivity contribution in [1.82, 2.24) is 9.80 Å². The number of hydrogen-bond donors (Lipinski definition) is 0. The third-order valence-corrected chi connectivity index (χ3v) is 6.41. The van der Waals surface area contributed by atoms with Crippen molar-refractivity contribution < 1.29 is 14.3 Å². The first-order chi connectivity index (χ1) is 16.3. The molecule has 0 unspecified atom stereocenters. The van der Waals surface area contributed by atoms with E-state index in [2.05, 4.69) is 55.2 Å². The normalized spacial score (nSPS) is 14.1. The van der Waals surface area contributed by atoms with E-state index in [0.29, 0.717) is 13.0 Å². The van der Waals surface area contributed by atoms with Crippen molar-refractivity contribution in [3.05, 3.63) is 64.2 Å². The zero-order chi connectivity index (χ0) is 24.8. The van der Waals surface area contributed by atoms with Gasteiger partial charge in [-0.2, -0.15) is 0 Å². The van der Waals surface area contributed by atoms with Crippen molar-refractivity contribution in [3.63, 3.8) is 0 Å². The summed E-state index contributed by atoms with van der Waals surface area (Å²) in [5.74, 6) is 1.79. The van der Waals surface area contributed by atoms with Gasteiger partial charge >= 0.3 is 0 Å². The lowest BCUT2D eigenvalue weighted by atomic mass is 9.98. The quantitative estimate of drug-likeness (QED) is 0.474. The predicted molar refractivity (Wildman–Crippen MR) is 141 cm³/mol. The van der Waals surface area contributed by atoms with Crippen LogP contribution in [-0.2, 0) is 11.2 Å². The topological polar surface area (TPSA) is 42.0 Å². The van der Waals surface area contributed by atoms with Gasteiger partial charge in [0.25, 0.3) is 0 Å². The lowest BCUT2D eigenvalue weighted by Crippen LogP contribution is -2.33. The Labute approximate surface area is 204 Å². The smallest absolute Gasteiger partial charge is 0.226 e. The second kappa shape index (κ2) is 11.4. The lowest BCUT2D eigenvalue weighted by molar-refractivity contribution is -0.128. The molecule has 3 rings (SSSR count). The number of nitrogens with zero attached hydrogens (tertiary/aromatic N) is 2. The number of likely N-dealkylation sites (N-methyl/N-ethyl adjacent to an activating group) is 2. The van der Waals surface area contributed by atoms with Gasteiger partial charge in [0.15, 0.2) is 0 Å². The molecule has 0 heterocycles. The molecule has 0 bridgehead atoms. The van der Waals surface area contributed by atoms with E-state index < -0.39 is 0 Å². The van der Waals surface area contributed by atoms with E-state index in [4.69, 9.17) is 9.47 Å². The van der Waals surface area contributed by atoms with Crippen molar-refractivity contribution >= 4 is 23.1 Å². The minimum atomic E-state index is 0.123. The summed E-state index contributed by atoms with van der Waals surface area (Å²) in [6.07, 6.45) is 4.68. The van der Waals surface area contributed by atoms with E-state index in [9.17, 15) is 4.79 Å². The Kier molecular flexibility index (Phi) is 8.56. The average molecular weight is 463 g/mol. The number of methoxy groups -OCH3 is 2. The number of carbonyl (C=O) groups excluding carboxylic acids is 1. The second-order valence-corrected chi connectivity index (χ2v) is 9.23. The van der Waals surface area contributed by atoms with Gasteiger partial charge in [-0.25, -0.2) is 0 Å². The Morgan fingerprint density at radius 3 is 2.32 bits per heavy atom. The molecule has 0 aliphatic heterocycles. The predicted octanol–water partition coefficient (Wildman–Crippen LogP) is 5.39. The summed E-state index contributed by atoms with van der Waals surface area (Å²) in [6.45, 7) is 5.85. The molecule has 0 saturated carbocycles. The van der Waals surface area contributed by atoms with Gasteiger partial charge < -0.3 is 19.3 Å². The van der Waals surface area contributed by atoms with Gasteiger partial charge in [0.05, 0.1) is 20.6 Å². The zero-order valence-corrected chi connectivity index (χ0v) is 21.7. The SMILES string of the molecule is CCCc1cc(/C=C2/C(C)=C(CC(=O)N(C)CCN(C)C)c3cc(OC)ccc32)cc(OC)c1. The van der Waals surface area contributed by atoms with Crippen LogP contribution in [-0.4, -0.2) is 64.2 Å². The maximum absolute atomic E-state index is 13.1. The van der Waals surface area contributed by atoms with Crippen LogP contribution in [0.15, 0.2) is 42.0 Å². The van der Waals surface area contributed by atoms with Crippen LogP contribution < -0.4 is 9.47 Å². The molecule has 2 aromatic carbocycles. The van der Waals surface area contributed by atoms with Gasteiger partial charge in [-0.05, 0) is 96.8 Å².